The summed E-state index contributed by atoms with van der Waals surface area (Å²) in [6.07, 6.45) is 6.05. The Balaban J connectivity index is 0.00000288. The molecular weight excluding hydrogens is 451 g/mol. The first kappa shape index (κ1) is 21.2. The highest BCUT2D eigenvalue weighted by Gasteiger charge is 2.02. The fourth-order valence-electron chi connectivity index (χ4n) is 2.06. The topological polar surface area (TPSA) is 49.3 Å². The van der Waals surface area contributed by atoms with Crippen molar-refractivity contribution in [2.45, 2.75) is 31.2 Å². The Hall–Kier alpha value is -0.800. The summed E-state index contributed by atoms with van der Waals surface area (Å²) in [4.78, 5) is 11.3. The van der Waals surface area contributed by atoms with E-state index in [9.17, 15) is 0 Å². The van der Waals surface area contributed by atoms with Crippen molar-refractivity contribution in [3.8, 4) is 0 Å². The van der Waals surface area contributed by atoms with E-state index in [4.69, 9.17) is 0 Å². The van der Waals surface area contributed by atoms with Gasteiger partial charge in [-0.25, -0.2) is 4.98 Å². The molecule has 0 spiro atoms. The summed E-state index contributed by atoms with van der Waals surface area (Å²) >= 11 is 3.55. The maximum absolute atomic E-state index is 4.44. The van der Waals surface area contributed by atoms with Crippen LogP contribution in [-0.2, 0) is 19.4 Å². The normalized spacial score (nSPS) is 11.0. The quantitative estimate of drug-likeness (QED) is 0.275. The van der Waals surface area contributed by atoms with Crippen LogP contribution in [0.5, 0.6) is 0 Å². The highest BCUT2D eigenvalue weighted by Crippen LogP contribution is 2.15. The number of nitrogens with one attached hydrogen (secondary N) is 2. The molecule has 1 aromatic carbocycles. The van der Waals surface area contributed by atoms with Crippen molar-refractivity contribution in [1.29, 1.82) is 0 Å². The smallest absolute Gasteiger partial charge is 0.191 e. The molecule has 0 saturated carbocycles. The van der Waals surface area contributed by atoms with Crippen LogP contribution in [0, 0.1) is 0 Å². The van der Waals surface area contributed by atoms with E-state index in [1.807, 2.05) is 6.20 Å². The van der Waals surface area contributed by atoms with E-state index in [1.165, 1.54) is 20.3 Å². The van der Waals surface area contributed by atoms with Gasteiger partial charge in [0.1, 0.15) is 0 Å². The van der Waals surface area contributed by atoms with E-state index in [0.29, 0.717) is 0 Å². The first-order valence-corrected chi connectivity index (χ1v) is 9.80. The number of aryl methyl sites for hydroxylation is 1. The van der Waals surface area contributed by atoms with E-state index in [2.05, 4.69) is 58.1 Å². The Morgan fingerprint density at radius 1 is 1.25 bits per heavy atom. The zero-order chi connectivity index (χ0) is 16.5. The number of guanidine groups is 1. The molecule has 0 radical (unpaired) electrons. The summed E-state index contributed by atoms with van der Waals surface area (Å²) in [5, 5.41) is 7.86. The summed E-state index contributed by atoms with van der Waals surface area (Å²) in [5.74, 6) is 0.825. The molecule has 2 aromatic rings. The third-order valence-corrected chi connectivity index (χ3v) is 5.37. The molecule has 4 nitrogen and oxygen atoms in total. The monoisotopic (exact) mass is 476 g/mol. The number of rotatable bonds is 7. The van der Waals surface area contributed by atoms with Crippen LogP contribution in [0.2, 0.25) is 0 Å². The molecule has 1 heterocycles. The molecule has 132 valence electrons. The number of nitrogens with zero attached hydrogens (tertiary/aromatic N) is 2. The SMILES string of the molecule is CCc1cnc(CCNC(=NC)NCc2ccc(SC)cc2)s1.I. The van der Waals surface area contributed by atoms with E-state index < -0.39 is 0 Å². The van der Waals surface area contributed by atoms with Gasteiger partial charge in [0.15, 0.2) is 5.96 Å². The van der Waals surface area contributed by atoms with Gasteiger partial charge >= 0.3 is 0 Å². The minimum Gasteiger partial charge on any atom is -0.356 e. The Morgan fingerprint density at radius 3 is 2.58 bits per heavy atom. The van der Waals surface area contributed by atoms with Crippen LogP contribution in [0.25, 0.3) is 0 Å². The van der Waals surface area contributed by atoms with Crippen LogP contribution in [0.1, 0.15) is 22.4 Å². The Morgan fingerprint density at radius 2 is 2.00 bits per heavy atom. The van der Waals surface area contributed by atoms with E-state index in [0.717, 1.165) is 31.9 Å². The van der Waals surface area contributed by atoms with Crippen molar-refractivity contribution in [3.05, 3.63) is 45.9 Å². The zero-order valence-electron chi connectivity index (χ0n) is 14.3. The van der Waals surface area contributed by atoms with Crippen LogP contribution < -0.4 is 10.6 Å². The van der Waals surface area contributed by atoms with Crippen molar-refractivity contribution in [2.75, 3.05) is 19.8 Å². The maximum atomic E-state index is 4.44. The number of halogens is 1. The van der Waals surface area contributed by atoms with Gasteiger partial charge in [-0.15, -0.1) is 47.1 Å². The van der Waals surface area contributed by atoms with Gasteiger partial charge in [-0.2, -0.15) is 0 Å². The van der Waals surface area contributed by atoms with E-state index >= 15 is 0 Å². The average molecular weight is 476 g/mol. The molecule has 7 heteroatoms. The largest absolute Gasteiger partial charge is 0.356 e. The first-order valence-electron chi connectivity index (χ1n) is 7.76. The van der Waals surface area contributed by atoms with Crippen molar-refractivity contribution in [2.24, 2.45) is 4.99 Å². The van der Waals surface area contributed by atoms with Gasteiger partial charge in [0.25, 0.3) is 0 Å². The summed E-state index contributed by atoms with van der Waals surface area (Å²) < 4.78 is 0. The van der Waals surface area contributed by atoms with Gasteiger partial charge < -0.3 is 10.6 Å². The number of benzene rings is 1. The number of aliphatic imine (C=N–C) groups is 1. The third-order valence-electron chi connectivity index (χ3n) is 3.42. The van der Waals surface area contributed by atoms with Crippen LogP contribution in [0.4, 0.5) is 0 Å². The molecule has 2 N–H and O–H groups in total. The van der Waals surface area contributed by atoms with Gasteiger partial charge in [-0.1, -0.05) is 19.1 Å². The average Bonchev–Trinajstić information content (AvgIpc) is 3.06. The molecule has 0 amide bonds. The predicted molar refractivity (Wildman–Crippen MR) is 117 cm³/mol. The number of thioether (sulfide) groups is 1. The molecule has 0 aliphatic heterocycles. The molecule has 0 bridgehead atoms. The van der Waals surface area contributed by atoms with Gasteiger partial charge in [0.05, 0.1) is 5.01 Å². The number of hydrogen-bond donors (Lipinski definition) is 2. The summed E-state index contributed by atoms with van der Waals surface area (Å²) in [5.41, 5.74) is 1.25. The number of thiazole rings is 1. The lowest BCUT2D eigenvalue weighted by Gasteiger charge is -2.11. The van der Waals surface area contributed by atoms with Crippen LogP contribution in [-0.4, -0.2) is 30.8 Å². The van der Waals surface area contributed by atoms with E-state index in [-0.39, 0.29) is 24.0 Å². The lowest BCUT2D eigenvalue weighted by Crippen LogP contribution is -2.37. The van der Waals surface area contributed by atoms with Gasteiger partial charge in [-0.3, -0.25) is 4.99 Å². The molecule has 2 rings (SSSR count). The van der Waals surface area contributed by atoms with Crippen LogP contribution in [0.3, 0.4) is 0 Å². The second-order valence-corrected chi connectivity index (χ2v) is 7.10. The minimum absolute atomic E-state index is 0. The lowest BCUT2D eigenvalue weighted by atomic mass is 10.2. The zero-order valence-corrected chi connectivity index (χ0v) is 18.3. The standard InChI is InChI=1S/C17H24N4S2.HI/c1-4-14-12-20-16(23-14)9-10-19-17(18-2)21-11-13-5-7-15(22-3)8-6-13;/h5-8,12H,4,9-11H2,1-3H3,(H2,18,19,21);1H. The molecule has 0 aliphatic carbocycles. The summed E-state index contributed by atoms with van der Waals surface area (Å²) in [6.45, 7) is 3.76. The molecule has 0 fully saturated rings. The highest BCUT2D eigenvalue weighted by molar-refractivity contribution is 14.0. The molecule has 0 atom stereocenters. The van der Waals surface area contributed by atoms with Gasteiger partial charge in [-0.05, 0) is 30.4 Å². The number of aromatic nitrogens is 1. The molecule has 0 unspecified atom stereocenters. The Labute approximate surface area is 170 Å². The molecular formula is C17H25IN4S2. The number of hydrogen-bond acceptors (Lipinski definition) is 4. The Bertz CT molecular complexity index is 626. The van der Waals surface area contributed by atoms with Crippen molar-refractivity contribution >= 4 is 53.0 Å². The fraction of sp³-hybridized carbons (Fsp3) is 0.412. The Kier molecular flexibility index (Phi) is 10.4. The molecule has 24 heavy (non-hydrogen) atoms. The van der Waals surface area contributed by atoms with Gasteiger partial charge in [0.2, 0.25) is 0 Å². The lowest BCUT2D eigenvalue weighted by molar-refractivity contribution is 0.791. The predicted octanol–water partition coefficient (Wildman–Crippen LogP) is 3.95. The van der Waals surface area contributed by atoms with Crippen LogP contribution >= 0.6 is 47.1 Å². The summed E-state index contributed by atoms with van der Waals surface area (Å²) in [7, 11) is 1.80. The fourth-order valence-corrected chi connectivity index (χ4v) is 3.33. The van der Waals surface area contributed by atoms with E-state index in [1.54, 1.807) is 30.1 Å². The third kappa shape index (κ3) is 6.98. The van der Waals surface area contributed by atoms with Crippen molar-refractivity contribution in [3.63, 3.8) is 0 Å². The highest BCUT2D eigenvalue weighted by atomic mass is 127. The van der Waals surface area contributed by atoms with Crippen LogP contribution in [0.15, 0.2) is 40.4 Å². The maximum Gasteiger partial charge on any atom is 0.191 e. The minimum atomic E-state index is 0. The first-order chi connectivity index (χ1) is 11.2. The molecule has 0 aliphatic rings. The van der Waals surface area contributed by atoms with Crippen molar-refractivity contribution < 1.29 is 0 Å². The summed E-state index contributed by atoms with van der Waals surface area (Å²) in [6, 6.07) is 8.58. The second-order valence-electron chi connectivity index (χ2n) is 5.02. The van der Waals surface area contributed by atoms with Crippen molar-refractivity contribution in [1.82, 2.24) is 15.6 Å². The molecule has 1 aromatic heterocycles. The second kappa shape index (κ2) is 11.7. The van der Waals surface area contributed by atoms with Gasteiger partial charge in [0, 0.05) is 42.5 Å². The molecule has 0 saturated heterocycles.